The zero-order chi connectivity index (χ0) is 8.36. The minimum absolute atomic E-state index is 0.863. The van der Waals surface area contributed by atoms with E-state index in [-0.39, 0.29) is 0 Å². The van der Waals surface area contributed by atoms with Gasteiger partial charge in [0.25, 0.3) is 0 Å². The maximum absolute atomic E-state index is 5.36. The van der Waals surface area contributed by atoms with Crippen LogP contribution in [0.3, 0.4) is 0 Å². The lowest BCUT2D eigenvalue weighted by Crippen LogP contribution is -1.95. The van der Waals surface area contributed by atoms with E-state index in [4.69, 9.17) is 4.74 Å². The van der Waals surface area contributed by atoms with E-state index in [1.54, 1.807) is 0 Å². The number of allylic oxidation sites excluding steroid dienone is 1. The molecule has 1 radical (unpaired) electrons. The molecule has 0 saturated carbocycles. The summed E-state index contributed by atoms with van der Waals surface area (Å²) in [5.41, 5.74) is 0. The first kappa shape index (κ1) is 10.7. The third-order valence-corrected chi connectivity index (χ3v) is 1.45. The van der Waals surface area contributed by atoms with Gasteiger partial charge in [-0.2, -0.15) is 0 Å². The zero-order valence-electron chi connectivity index (χ0n) is 7.51. The first-order valence-electron chi connectivity index (χ1n) is 4.40. The number of unbranched alkanes of at least 4 members (excludes halogenated alkanes) is 2. The fourth-order valence-corrected chi connectivity index (χ4v) is 0.801. The molecule has 0 aromatic rings. The smallest absolute Gasteiger partial charge is 0.0500 e. The predicted molar refractivity (Wildman–Crippen MR) is 49.5 cm³/mol. The van der Waals surface area contributed by atoms with Gasteiger partial charge in [0.15, 0.2) is 0 Å². The Morgan fingerprint density at radius 1 is 1.27 bits per heavy atom. The molecular weight excluding hydrogens is 136 g/mol. The molecule has 0 unspecified atom stereocenters. The molecule has 0 saturated heterocycles. The Hall–Kier alpha value is -0.300. The van der Waals surface area contributed by atoms with Gasteiger partial charge >= 0.3 is 0 Å². The molecule has 11 heavy (non-hydrogen) atoms. The first-order chi connectivity index (χ1) is 5.41. The van der Waals surface area contributed by atoms with Gasteiger partial charge in [-0.3, -0.25) is 0 Å². The van der Waals surface area contributed by atoms with Crippen molar-refractivity contribution < 1.29 is 4.74 Å². The van der Waals surface area contributed by atoms with E-state index in [9.17, 15) is 0 Å². The molecule has 0 bridgehead atoms. The number of ether oxygens (including phenoxy) is 1. The van der Waals surface area contributed by atoms with E-state index in [1.807, 2.05) is 6.92 Å². The summed E-state index contributed by atoms with van der Waals surface area (Å²) < 4.78 is 5.36. The molecule has 0 rings (SSSR count). The lowest BCUT2D eigenvalue weighted by atomic mass is 10.3. The molecular formula is C10H19O. The van der Waals surface area contributed by atoms with Gasteiger partial charge in [-0.05, 0) is 19.8 Å². The van der Waals surface area contributed by atoms with Crippen molar-refractivity contribution in [2.45, 2.75) is 32.6 Å². The fraction of sp³-hybridized carbons (Fsp3) is 0.700. The van der Waals surface area contributed by atoms with Gasteiger partial charge in [0.1, 0.15) is 0 Å². The molecule has 0 aliphatic heterocycles. The van der Waals surface area contributed by atoms with E-state index in [1.165, 1.54) is 6.42 Å². The largest absolute Gasteiger partial charge is 0.381 e. The highest BCUT2D eigenvalue weighted by atomic mass is 16.5. The zero-order valence-corrected chi connectivity index (χ0v) is 7.51. The van der Waals surface area contributed by atoms with E-state index in [0.717, 1.165) is 32.5 Å². The van der Waals surface area contributed by atoms with Gasteiger partial charge in [-0.15, -0.1) is 0 Å². The van der Waals surface area contributed by atoms with Crippen LogP contribution in [-0.4, -0.2) is 13.2 Å². The Morgan fingerprint density at radius 2 is 2.09 bits per heavy atom. The van der Waals surface area contributed by atoms with Crippen LogP contribution in [0.1, 0.15) is 32.6 Å². The van der Waals surface area contributed by atoms with E-state index >= 15 is 0 Å². The average Bonchev–Trinajstić information content (AvgIpc) is 2.03. The summed E-state index contributed by atoms with van der Waals surface area (Å²) in [4.78, 5) is 0. The van der Waals surface area contributed by atoms with Crippen molar-refractivity contribution >= 4 is 0 Å². The monoisotopic (exact) mass is 155 g/mol. The van der Waals surface area contributed by atoms with Crippen molar-refractivity contribution in [1.82, 2.24) is 0 Å². The normalized spacial score (nSPS) is 11.1. The SMILES string of the molecule is [CH2]CCCCOCCC=CC. The molecule has 0 aromatic carbocycles. The van der Waals surface area contributed by atoms with Crippen LogP contribution < -0.4 is 0 Å². The van der Waals surface area contributed by atoms with Gasteiger partial charge in [0.2, 0.25) is 0 Å². The quantitative estimate of drug-likeness (QED) is 0.405. The molecule has 0 atom stereocenters. The summed E-state index contributed by atoms with van der Waals surface area (Å²) in [5, 5.41) is 0. The van der Waals surface area contributed by atoms with Gasteiger partial charge < -0.3 is 4.74 Å². The molecule has 65 valence electrons. The summed E-state index contributed by atoms with van der Waals surface area (Å²) in [7, 11) is 0. The summed E-state index contributed by atoms with van der Waals surface area (Å²) in [6.07, 6.45) is 8.59. The maximum Gasteiger partial charge on any atom is 0.0500 e. The average molecular weight is 155 g/mol. The highest BCUT2D eigenvalue weighted by Gasteiger charge is 1.85. The van der Waals surface area contributed by atoms with Gasteiger partial charge in [0.05, 0.1) is 6.61 Å². The van der Waals surface area contributed by atoms with Crippen LogP contribution in [0.4, 0.5) is 0 Å². The van der Waals surface area contributed by atoms with Gasteiger partial charge in [-0.1, -0.05) is 31.9 Å². The van der Waals surface area contributed by atoms with Crippen molar-refractivity contribution in [2.75, 3.05) is 13.2 Å². The van der Waals surface area contributed by atoms with Crippen molar-refractivity contribution in [2.24, 2.45) is 0 Å². The van der Waals surface area contributed by atoms with Crippen LogP contribution in [0.15, 0.2) is 12.2 Å². The fourth-order valence-electron chi connectivity index (χ4n) is 0.801. The Balaban J connectivity index is 2.79. The van der Waals surface area contributed by atoms with E-state index in [0.29, 0.717) is 0 Å². The van der Waals surface area contributed by atoms with Crippen LogP contribution in [0, 0.1) is 6.92 Å². The minimum Gasteiger partial charge on any atom is -0.381 e. The van der Waals surface area contributed by atoms with Crippen LogP contribution in [-0.2, 0) is 4.74 Å². The Labute approximate surface area is 70.4 Å². The number of hydrogen-bond donors (Lipinski definition) is 0. The highest BCUT2D eigenvalue weighted by molar-refractivity contribution is 4.75. The number of rotatable bonds is 7. The number of hydrogen-bond acceptors (Lipinski definition) is 1. The second-order valence-electron chi connectivity index (χ2n) is 2.53. The van der Waals surface area contributed by atoms with Crippen molar-refractivity contribution in [3.05, 3.63) is 19.1 Å². The van der Waals surface area contributed by atoms with Crippen LogP contribution in [0.5, 0.6) is 0 Å². The molecule has 0 aliphatic carbocycles. The molecule has 1 nitrogen and oxygen atoms in total. The first-order valence-corrected chi connectivity index (χ1v) is 4.40. The summed E-state index contributed by atoms with van der Waals surface area (Å²) in [5.74, 6) is 0. The topological polar surface area (TPSA) is 9.23 Å². The predicted octanol–water partition coefficient (Wildman–Crippen LogP) is 2.97. The lowest BCUT2D eigenvalue weighted by Gasteiger charge is -2.00. The molecule has 0 N–H and O–H groups in total. The summed E-state index contributed by atoms with van der Waals surface area (Å²) >= 11 is 0. The third kappa shape index (κ3) is 9.70. The van der Waals surface area contributed by atoms with Gasteiger partial charge in [-0.25, -0.2) is 0 Å². The standard InChI is InChI=1S/C10H19O/c1-3-5-7-9-11-10-8-6-4-2/h4,6H,1,3,5,7-10H2,2H3. The Morgan fingerprint density at radius 3 is 2.73 bits per heavy atom. The van der Waals surface area contributed by atoms with Gasteiger partial charge in [0, 0.05) is 6.61 Å². The molecule has 0 amide bonds. The van der Waals surface area contributed by atoms with E-state index in [2.05, 4.69) is 19.1 Å². The Kier molecular flexibility index (Phi) is 9.44. The summed E-state index contributed by atoms with van der Waals surface area (Å²) in [6, 6.07) is 0. The minimum atomic E-state index is 0.863. The Bertz CT molecular complexity index is 86.9. The van der Waals surface area contributed by atoms with Crippen molar-refractivity contribution in [1.29, 1.82) is 0 Å². The molecule has 0 aliphatic rings. The highest BCUT2D eigenvalue weighted by Crippen LogP contribution is 1.94. The van der Waals surface area contributed by atoms with Crippen LogP contribution in [0.2, 0.25) is 0 Å². The lowest BCUT2D eigenvalue weighted by molar-refractivity contribution is 0.135. The maximum atomic E-state index is 5.36. The second-order valence-corrected chi connectivity index (χ2v) is 2.53. The van der Waals surface area contributed by atoms with Crippen LogP contribution >= 0.6 is 0 Å². The molecule has 0 aromatic heterocycles. The molecule has 0 fully saturated rings. The third-order valence-electron chi connectivity index (χ3n) is 1.45. The van der Waals surface area contributed by atoms with Crippen LogP contribution in [0.25, 0.3) is 0 Å². The van der Waals surface area contributed by atoms with Crippen molar-refractivity contribution in [3.63, 3.8) is 0 Å². The molecule has 0 heterocycles. The molecule has 1 heteroatoms. The van der Waals surface area contributed by atoms with Crippen molar-refractivity contribution in [3.8, 4) is 0 Å². The van der Waals surface area contributed by atoms with E-state index < -0.39 is 0 Å². The molecule has 0 spiro atoms. The summed E-state index contributed by atoms with van der Waals surface area (Å²) in [6.45, 7) is 7.56. The second kappa shape index (κ2) is 9.70.